The van der Waals surface area contributed by atoms with Crippen molar-refractivity contribution in [3.63, 3.8) is 0 Å². The zero-order valence-electron chi connectivity index (χ0n) is 14.9. The van der Waals surface area contributed by atoms with Gasteiger partial charge in [0.15, 0.2) is 0 Å². The number of allylic oxidation sites excluding steroid dienone is 1. The number of hydrogen-bond donors (Lipinski definition) is 1. The molecule has 0 bridgehead atoms. The molecule has 0 unspecified atom stereocenters. The van der Waals surface area contributed by atoms with Crippen LogP contribution in [0.2, 0.25) is 0 Å². The van der Waals surface area contributed by atoms with E-state index in [9.17, 15) is 13.6 Å². The largest absolute Gasteiger partial charge is 0.497 e. The Balaban J connectivity index is 2.38. The molecule has 0 aromatic heterocycles. The first-order valence-electron chi connectivity index (χ1n) is 8.16. The van der Waals surface area contributed by atoms with Crippen LogP contribution in [0.15, 0.2) is 54.1 Å². The molecule has 2 aromatic carbocycles. The number of methoxy groups -OCH3 is 1. The van der Waals surface area contributed by atoms with Crippen molar-refractivity contribution in [3.8, 4) is 22.6 Å². The highest BCUT2D eigenvalue weighted by Gasteiger charge is 2.14. The molecule has 6 heteroatoms. The average molecular weight is 361 g/mol. The molecule has 2 rings (SSSR count). The van der Waals surface area contributed by atoms with E-state index < -0.39 is 6.61 Å². The predicted octanol–water partition coefficient (Wildman–Crippen LogP) is 5.26. The Labute approximate surface area is 151 Å². The highest BCUT2D eigenvalue weighted by atomic mass is 19.3. The fourth-order valence-corrected chi connectivity index (χ4v) is 2.43. The number of rotatable bonds is 7. The zero-order chi connectivity index (χ0) is 19.1. The first-order chi connectivity index (χ1) is 12.4. The second-order valence-electron chi connectivity index (χ2n) is 5.57. The van der Waals surface area contributed by atoms with Gasteiger partial charge in [0, 0.05) is 16.8 Å². The van der Waals surface area contributed by atoms with Crippen molar-refractivity contribution < 1.29 is 23.0 Å². The van der Waals surface area contributed by atoms with Gasteiger partial charge in [-0.15, -0.1) is 0 Å². The van der Waals surface area contributed by atoms with Crippen molar-refractivity contribution in [3.05, 3.63) is 54.1 Å². The van der Waals surface area contributed by atoms with E-state index in [0.717, 1.165) is 6.42 Å². The molecule has 0 heterocycles. The van der Waals surface area contributed by atoms with Crippen LogP contribution < -0.4 is 14.8 Å². The monoisotopic (exact) mass is 361 g/mol. The maximum Gasteiger partial charge on any atom is 0.387 e. The number of carbonyl (C=O) groups excluding carboxylic acids is 1. The van der Waals surface area contributed by atoms with Gasteiger partial charge in [0.1, 0.15) is 11.5 Å². The number of ether oxygens (including phenoxy) is 2. The van der Waals surface area contributed by atoms with Gasteiger partial charge in [0.2, 0.25) is 0 Å². The number of nitrogens with one attached hydrogen (secondary N) is 1. The Hall–Kier alpha value is -2.89. The van der Waals surface area contributed by atoms with Crippen LogP contribution in [-0.4, -0.2) is 19.6 Å². The van der Waals surface area contributed by atoms with Gasteiger partial charge in [-0.1, -0.05) is 25.1 Å². The molecule has 0 aliphatic carbocycles. The lowest BCUT2D eigenvalue weighted by atomic mass is 10.0. The van der Waals surface area contributed by atoms with E-state index in [2.05, 4.69) is 10.1 Å². The molecule has 0 saturated heterocycles. The first kappa shape index (κ1) is 19.4. The third-order valence-electron chi connectivity index (χ3n) is 3.72. The number of amides is 1. The molecule has 0 aliphatic heterocycles. The number of benzene rings is 2. The molecule has 1 amide bonds. The molecule has 0 atom stereocenters. The van der Waals surface area contributed by atoms with Gasteiger partial charge in [0.05, 0.1) is 7.11 Å². The molecule has 26 heavy (non-hydrogen) atoms. The molecule has 0 fully saturated rings. The summed E-state index contributed by atoms with van der Waals surface area (Å²) in [5, 5.41) is 2.76. The number of alkyl halides is 2. The predicted molar refractivity (Wildman–Crippen MR) is 97.7 cm³/mol. The Kier molecular flexibility index (Phi) is 6.72. The lowest BCUT2D eigenvalue weighted by Gasteiger charge is -2.14. The van der Waals surface area contributed by atoms with Crippen LogP contribution >= 0.6 is 0 Å². The number of hydrogen-bond acceptors (Lipinski definition) is 3. The molecule has 4 nitrogen and oxygen atoms in total. The minimum atomic E-state index is -2.94. The molecular weight excluding hydrogens is 340 g/mol. The van der Waals surface area contributed by atoms with Crippen molar-refractivity contribution in [1.82, 2.24) is 0 Å². The highest BCUT2D eigenvalue weighted by molar-refractivity contribution is 6.03. The maximum atomic E-state index is 12.7. The van der Waals surface area contributed by atoms with Gasteiger partial charge in [-0.3, -0.25) is 4.79 Å². The summed E-state index contributed by atoms with van der Waals surface area (Å²) in [4.78, 5) is 12.1. The second kappa shape index (κ2) is 8.99. The van der Waals surface area contributed by atoms with E-state index in [1.807, 2.05) is 13.0 Å². The molecular formula is C20H21F2NO3. The SMILES string of the molecule is CC/C=C(\C)C(=O)Nc1ccc(OC(F)F)c(-c2ccc(OC)cc2)c1. The standard InChI is InChI=1S/C20H21F2NO3/c1-4-5-13(2)19(24)23-15-8-11-18(26-20(21)22)17(12-15)14-6-9-16(25-3)10-7-14/h5-12,20H,4H2,1-3H3,(H,23,24)/b13-5+. The molecule has 0 spiro atoms. The Morgan fingerprint density at radius 1 is 1.19 bits per heavy atom. The summed E-state index contributed by atoms with van der Waals surface area (Å²) in [7, 11) is 1.54. The molecule has 1 N–H and O–H groups in total. The Morgan fingerprint density at radius 2 is 1.88 bits per heavy atom. The van der Waals surface area contributed by atoms with Crippen molar-refractivity contribution in [2.24, 2.45) is 0 Å². The van der Waals surface area contributed by atoms with Crippen LogP contribution in [0.25, 0.3) is 11.1 Å². The topological polar surface area (TPSA) is 47.6 Å². The summed E-state index contributed by atoms with van der Waals surface area (Å²) in [6.45, 7) is 0.717. The molecule has 0 saturated carbocycles. The van der Waals surface area contributed by atoms with Crippen molar-refractivity contribution in [2.45, 2.75) is 26.9 Å². The number of anilines is 1. The second-order valence-corrected chi connectivity index (χ2v) is 5.57. The molecule has 2 aromatic rings. The van der Waals surface area contributed by atoms with Gasteiger partial charge in [-0.05, 0) is 49.2 Å². The molecule has 138 valence electrons. The smallest absolute Gasteiger partial charge is 0.387 e. The van der Waals surface area contributed by atoms with Gasteiger partial charge < -0.3 is 14.8 Å². The maximum absolute atomic E-state index is 12.7. The van der Waals surface area contributed by atoms with Gasteiger partial charge >= 0.3 is 6.61 Å². The molecule has 0 aliphatic rings. The minimum absolute atomic E-state index is 0.0315. The summed E-state index contributed by atoms with van der Waals surface area (Å²) in [5.74, 6) is 0.439. The quantitative estimate of drug-likeness (QED) is 0.685. The lowest BCUT2D eigenvalue weighted by molar-refractivity contribution is -0.112. The summed E-state index contributed by atoms with van der Waals surface area (Å²) in [6.07, 6.45) is 2.56. The third-order valence-corrected chi connectivity index (χ3v) is 3.72. The number of carbonyl (C=O) groups is 1. The minimum Gasteiger partial charge on any atom is -0.497 e. The summed E-state index contributed by atoms with van der Waals surface area (Å²) in [6, 6.07) is 11.5. The summed E-state index contributed by atoms with van der Waals surface area (Å²) >= 11 is 0. The van der Waals surface area contributed by atoms with E-state index in [4.69, 9.17) is 4.74 Å². The normalized spacial score (nSPS) is 11.4. The highest BCUT2D eigenvalue weighted by Crippen LogP contribution is 2.34. The van der Waals surface area contributed by atoms with E-state index in [0.29, 0.717) is 28.1 Å². The van der Waals surface area contributed by atoms with Crippen LogP contribution in [0, 0.1) is 0 Å². The van der Waals surface area contributed by atoms with Crippen LogP contribution in [0.3, 0.4) is 0 Å². The fraction of sp³-hybridized carbons (Fsp3) is 0.250. The van der Waals surface area contributed by atoms with Crippen molar-refractivity contribution in [1.29, 1.82) is 0 Å². The summed E-state index contributed by atoms with van der Waals surface area (Å²) < 4.78 is 35.2. The van der Waals surface area contributed by atoms with Crippen molar-refractivity contribution in [2.75, 3.05) is 12.4 Å². The van der Waals surface area contributed by atoms with E-state index >= 15 is 0 Å². The van der Waals surface area contributed by atoms with Gasteiger partial charge in [0.25, 0.3) is 5.91 Å². The van der Waals surface area contributed by atoms with Gasteiger partial charge in [-0.25, -0.2) is 0 Å². The van der Waals surface area contributed by atoms with Crippen molar-refractivity contribution >= 4 is 11.6 Å². The van der Waals surface area contributed by atoms with Crippen LogP contribution in [0.5, 0.6) is 11.5 Å². The van der Waals surface area contributed by atoms with E-state index in [-0.39, 0.29) is 11.7 Å². The van der Waals surface area contributed by atoms with E-state index in [1.165, 1.54) is 12.1 Å². The summed E-state index contributed by atoms with van der Waals surface area (Å²) in [5.41, 5.74) is 2.19. The Morgan fingerprint density at radius 3 is 2.46 bits per heavy atom. The van der Waals surface area contributed by atoms with Crippen LogP contribution in [-0.2, 0) is 4.79 Å². The number of halogens is 2. The Bertz CT molecular complexity index is 786. The first-order valence-corrected chi connectivity index (χ1v) is 8.16. The van der Waals surface area contributed by atoms with E-state index in [1.54, 1.807) is 44.4 Å². The average Bonchev–Trinajstić information content (AvgIpc) is 2.63. The van der Waals surface area contributed by atoms with Crippen LogP contribution in [0.1, 0.15) is 20.3 Å². The molecule has 0 radical (unpaired) electrons. The van der Waals surface area contributed by atoms with Crippen LogP contribution in [0.4, 0.5) is 14.5 Å². The zero-order valence-corrected chi connectivity index (χ0v) is 14.9. The fourth-order valence-electron chi connectivity index (χ4n) is 2.43. The third kappa shape index (κ3) is 5.05. The van der Waals surface area contributed by atoms with Gasteiger partial charge in [-0.2, -0.15) is 8.78 Å². The lowest BCUT2D eigenvalue weighted by Crippen LogP contribution is -2.13.